The minimum absolute atomic E-state index is 0.0541. The molecule has 1 aromatic heterocycles. The molecule has 0 saturated heterocycles. The van der Waals surface area contributed by atoms with E-state index in [0.717, 1.165) is 0 Å². The topological polar surface area (TPSA) is 94.4 Å². The summed E-state index contributed by atoms with van der Waals surface area (Å²) in [5, 5.41) is 15.9. The molecule has 0 spiro atoms. The normalized spacial score (nSPS) is 10.2. The molecule has 110 valence electrons. The minimum Gasteiger partial charge on any atom is -0.480 e. The number of nitrogens with zero attached hydrogens (tertiary/aromatic N) is 2. The number of rotatable bonds is 5. The Labute approximate surface area is 128 Å². The van der Waals surface area contributed by atoms with Crippen LogP contribution in [-0.2, 0) is 11.4 Å². The van der Waals surface area contributed by atoms with Crippen LogP contribution in [0.5, 0.6) is 5.75 Å². The maximum Gasteiger partial charge on any atom is 0.312 e. The zero-order valence-corrected chi connectivity index (χ0v) is 12.4. The van der Waals surface area contributed by atoms with E-state index in [9.17, 15) is 14.9 Å². The van der Waals surface area contributed by atoms with Crippen molar-refractivity contribution in [3.63, 3.8) is 0 Å². The maximum atomic E-state index is 10.9. The van der Waals surface area contributed by atoms with E-state index in [1.54, 1.807) is 5.38 Å². The second kappa shape index (κ2) is 6.51. The van der Waals surface area contributed by atoms with Crippen molar-refractivity contribution in [3.05, 3.63) is 44.4 Å². The van der Waals surface area contributed by atoms with E-state index in [1.807, 2.05) is 0 Å². The van der Waals surface area contributed by atoms with Gasteiger partial charge in [-0.05, 0) is 12.1 Å². The average molecular weight is 328 g/mol. The number of benzene rings is 1. The summed E-state index contributed by atoms with van der Waals surface area (Å²) >= 11 is 6.97. The van der Waals surface area contributed by atoms with Gasteiger partial charge in [0, 0.05) is 23.4 Å². The lowest BCUT2D eigenvalue weighted by atomic mass is 10.3. The van der Waals surface area contributed by atoms with E-state index in [2.05, 4.69) is 10.3 Å². The van der Waals surface area contributed by atoms with Gasteiger partial charge in [-0.25, -0.2) is 4.98 Å². The highest BCUT2D eigenvalue weighted by Crippen LogP contribution is 2.30. The van der Waals surface area contributed by atoms with Crippen LogP contribution in [-0.4, -0.2) is 15.8 Å². The summed E-state index contributed by atoms with van der Waals surface area (Å²) in [4.78, 5) is 25.4. The molecule has 0 fully saturated rings. The first kappa shape index (κ1) is 15.2. The average Bonchev–Trinajstić information content (AvgIpc) is 2.83. The largest absolute Gasteiger partial charge is 0.480 e. The highest BCUT2D eigenvalue weighted by atomic mass is 35.5. The van der Waals surface area contributed by atoms with Crippen molar-refractivity contribution >= 4 is 39.7 Å². The quantitative estimate of drug-likeness (QED) is 0.672. The number of ether oxygens (including phenoxy) is 1. The molecule has 0 atom stereocenters. The van der Waals surface area contributed by atoms with Crippen LogP contribution in [0.25, 0.3) is 0 Å². The number of hydrogen-bond donors (Lipinski definition) is 1. The van der Waals surface area contributed by atoms with Crippen LogP contribution in [0.2, 0.25) is 5.02 Å². The van der Waals surface area contributed by atoms with Gasteiger partial charge in [-0.1, -0.05) is 11.6 Å². The Hall–Kier alpha value is -2.19. The first-order chi connectivity index (χ1) is 9.95. The molecule has 1 amide bonds. The van der Waals surface area contributed by atoms with Crippen LogP contribution in [0.15, 0.2) is 23.6 Å². The monoisotopic (exact) mass is 327 g/mol. The summed E-state index contributed by atoms with van der Waals surface area (Å²) in [7, 11) is 0. The van der Waals surface area contributed by atoms with Crippen molar-refractivity contribution in [3.8, 4) is 5.75 Å². The van der Waals surface area contributed by atoms with Gasteiger partial charge < -0.3 is 10.1 Å². The van der Waals surface area contributed by atoms with E-state index < -0.39 is 4.92 Å². The van der Waals surface area contributed by atoms with Gasteiger partial charge in [-0.2, -0.15) is 0 Å². The maximum absolute atomic E-state index is 10.9. The first-order valence-electron chi connectivity index (χ1n) is 5.74. The Morgan fingerprint density at radius 1 is 1.57 bits per heavy atom. The third kappa shape index (κ3) is 4.14. The number of thiazole rings is 1. The predicted octanol–water partition coefficient (Wildman–Crippen LogP) is 3.24. The fourth-order valence-electron chi connectivity index (χ4n) is 1.49. The molecule has 0 saturated carbocycles. The zero-order valence-electron chi connectivity index (χ0n) is 10.8. The van der Waals surface area contributed by atoms with Gasteiger partial charge in [-0.15, -0.1) is 11.3 Å². The van der Waals surface area contributed by atoms with Crippen molar-refractivity contribution in [2.75, 3.05) is 5.32 Å². The van der Waals surface area contributed by atoms with Crippen LogP contribution in [0.1, 0.15) is 12.6 Å². The van der Waals surface area contributed by atoms with E-state index in [0.29, 0.717) is 10.8 Å². The highest BCUT2D eigenvalue weighted by Gasteiger charge is 2.16. The second-order valence-corrected chi connectivity index (χ2v) is 5.28. The van der Waals surface area contributed by atoms with Crippen molar-refractivity contribution in [1.29, 1.82) is 0 Å². The fourth-order valence-corrected chi connectivity index (χ4v) is 2.40. The molecule has 0 aliphatic heterocycles. The third-order valence-electron chi connectivity index (χ3n) is 2.33. The number of carbonyl (C=O) groups excluding carboxylic acids is 1. The molecule has 21 heavy (non-hydrogen) atoms. The summed E-state index contributed by atoms with van der Waals surface area (Å²) in [6, 6.07) is 4.16. The Balaban J connectivity index is 2.08. The van der Waals surface area contributed by atoms with Crippen LogP contribution in [0.4, 0.5) is 10.8 Å². The number of anilines is 1. The number of hydrogen-bond acceptors (Lipinski definition) is 6. The predicted molar refractivity (Wildman–Crippen MR) is 78.9 cm³/mol. The second-order valence-electron chi connectivity index (χ2n) is 3.98. The highest BCUT2D eigenvalue weighted by molar-refractivity contribution is 7.13. The summed E-state index contributed by atoms with van der Waals surface area (Å²) in [5.41, 5.74) is 0.354. The van der Waals surface area contributed by atoms with Gasteiger partial charge in [0.2, 0.25) is 5.91 Å². The van der Waals surface area contributed by atoms with Gasteiger partial charge >= 0.3 is 5.69 Å². The molecule has 2 rings (SSSR count). The Bertz CT molecular complexity index is 689. The van der Waals surface area contributed by atoms with E-state index in [1.165, 1.54) is 36.5 Å². The van der Waals surface area contributed by atoms with Gasteiger partial charge in [0.25, 0.3) is 0 Å². The lowest BCUT2D eigenvalue weighted by Gasteiger charge is -2.05. The molecule has 2 aromatic rings. The Kier molecular flexibility index (Phi) is 4.71. The molecule has 1 heterocycles. The molecule has 0 unspecified atom stereocenters. The fraction of sp³-hybridized carbons (Fsp3) is 0.167. The number of carbonyl (C=O) groups is 1. The molecule has 7 nitrogen and oxygen atoms in total. The number of halogens is 1. The SMILES string of the molecule is CC(=O)Nc1nc(COc2ccc(Cl)cc2[N+](=O)[O-])cs1. The molecule has 0 radical (unpaired) electrons. The molecular formula is C12H10ClN3O4S. The molecule has 1 N–H and O–H groups in total. The number of amides is 1. The molecule has 1 aromatic carbocycles. The first-order valence-corrected chi connectivity index (χ1v) is 7.00. The molecule has 9 heteroatoms. The van der Waals surface area contributed by atoms with E-state index >= 15 is 0 Å². The van der Waals surface area contributed by atoms with Crippen molar-refractivity contribution < 1.29 is 14.5 Å². The summed E-state index contributed by atoms with van der Waals surface area (Å²) < 4.78 is 5.39. The van der Waals surface area contributed by atoms with E-state index in [4.69, 9.17) is 16.3 Å². The Morgan fingerprint density at radius 2 is 2.33 bits per heavy atom. The standard InChI is InChI=1S/C12H10ClN3O4S/c1-7(17)14-12-15-9(6-21-12)5-20-11-3-2-8(13)4-10(11)16(18)19/h2-4,6H,5H2,1H3,(H,14,15,17). The van der Waals surface area contributed by atoms with Gasteiger partial charge in [-0.3, -0.25) is 14.9 Å². The van der Waals surface area contributed by atoms with Gasteiger partial charge in [0.1, 0.15) is 6.61 Å². The van der Waals surface area contributed by atoms with Crippen molar-refractivity contribution in [2.24, 2.45) is 0 Å². The summed E-state index contributed by atoms with van der Waals surface area (Å²) in [5.74, 6) is -0.108. The smallest absolute Gasteiger partial charge is 0.312 e. The van der Waals surface area contributed by atoms with Gasteiger partial charge in [0.15, 0.2) is 10.9 Å². The number of aromatic nitrogens is 1. The number of nitro groups is 1. The lowest BCUT2D eigenvalue weighted by molar-refractivity contribution is -0.385. The van der Waals surface area contributed by atoms with Crippen LogP contribution >= 0.6 is 22.9 Å². The molecular weight excluding hydrogens is 318 g/mol. The molecule has 0 bridgehead atoms. The van der Waals surface area contributed by atoms with Gasteiger partial charge in [0.05, 0.1) is 10.6 Å². The van der Waals surface area contributed by atoms with Crippen LogP contribution in [0, 0.1) is 10.1 Å². The lowest BCUT2D eigenvalue weighted by Crippen LogP contribution is -2.05. The number of nitrogens with one attached hydrogen (secondary N) is 1. The summed E-state index contributed by atoms with van der Waals surface area (Å²) in [6.07, 6.45) is 0. The third-order valence-corrected chi connectivity index (χ3v) is 3.37. The van der Waals surface area contributed by atoms with Crippen molar-refractivity contribution in [1.82, 2.24) is 4.98 Å². The molecule has 0 aliphatic rings. The van der Waals surface area contributed by atoms with Crippen molar-refractivity contribution in [2.45, 2.75) is 13.5 Å². The van der Waals surface area contributed by atoms with Crippen LogP contribution < -0.4 is 10.1 Å². The zero-order chi connectivity index (χ0) is 15.4. The van der Waals surface area contributed by atoms with Crippen LogP contribution in [0.3, 0.4) is 0 Å². The number of nitro benzene ring substituents is 1. The molecule has 0 aliphatic carbocycles. The summed E-state index contributed by atoms with van der Waals surface area (Å²) in [6.45, 7) is 1.44. The van der Waals surface area contributed by atoms with E-state index in [-0.39, 0.29) is 29.0 Å². The Morgan fingerprint density at radius 3 is 3.00 bits per heavy atom. The minimum atomic E-state index is -0.564.